The molecule has 0 saturated heterocycles. The zero-order chi connectivity index (χ0) is 24.6. The van der Waals surface area contributed by atoms with Gasteiger partial charge in [0.05, 0.1) is 18.6 Å². The van der Waals surface area contributed by atoms with Gasteiger partial charge in [0.2, 0.25) is 5.91 Å². The number of likely N-dealkylation sites (N-methyl/N-ethyl adjacent to an activating group) is 1. The van der Waals surface area contributed by atoms with Crippen LogP contribution in [0.25, 0.3) is 0 Å². The predicted molar refractivity (Wildman–Crippen MR) is 114 cm³/mol. The van der Waals surface area contributed by atoms with Crippen LogP contribution in [0.2, 0.25) is 0 Å². The van der Waals surface area contributed by atoms with E-state index in [2.05, 4.69) is 45.6 Å². The van der Waals surface area contributed by atoms with Crippen molar-refractivity contribution >= 4 is 11.9 Å². The first-order chi connectivity index (χ1) is 15.5. The molecule has 11 heteroatoms. The van der Waals surface area contributed by atoms with Crippen LogP contribution in [0.5, 0.6) is 0 Å². The summed E-state index contributed by atoms with van der Waals surface area (Å²) in [7, 11) is 3.50. The lowest BCUT2D eigenvalue weighted by Gasteiger charge is -2.24. The molecule has 2 heterocycles. The quantitative estimate of drug-likeness (QED) is 0.698. The fraction of sp³-hybridized carbons (Fsp3) is 0.500. The van der Waals surface area contributed by atoms with Gasteiger partial charge in [-0.1, -0.05) is 29.8 Å². The molecule has 0 aliphatic carbocycles. The van der Waals surface area contributed by atoms with Gasteiger partial charge in [-0.3, -0.25) is 9.69 Å². The number of aromatic nitrogens is 2. The standard InChI is InChI=1S/C20H28N4O2.C2HF3O2/c1-16-5-4-6-17(7-16)9-23-10-18(13-26-14-20(25)22(2)3)11-24-15-21-8-19(24)12-23;3-2(4,5)1(6)7/h4-8,15,18H,9-14H2,1-3H3;(H,6,7). The van der Waals surface area contributed by atoms with Crippen LogP contribution in [0, 0.1) is 12.8 Å². The molecule has 1 atom stereocenters. The first kappa shape index (κ1) is 26.3. The predicted octanol–water partition coefficient (Wildman–Crippen LogP) is 2.56. The molecule has 0 radical (unpaired) electrons. The number of ether oxygens (including phenoxy) is 1. The van der Waals surface area contributed by atoms with Crippen LogP contribution in [-0.4, -0.2) is 76.4 Å². The number of carboxylic acid groups (broad SMARTS) is 1. The minimum Gasteiger partial charge on any atom is -0.475 e. The van der Waals surface area contributed by atoms with Crippen molar-refractivity contribution in [3.63, 3.8) is 0 Å². The Balaban J connectivity index is 0.000000479. The van der Waals surface area contributed by atoms with E-state index in [1.165, 1.54) is 16.8 Å². The van der Waals surface area contributed by atoms with E-state index in [9.17, 15) is 18.0 Å². The van der Waals surface area contributed by atoms with Crippen molar-refractivity contribution in [1.29, 1.82) is 0 Å². The Morgan fingerprint density at radius 1 is 1.27 bits per heavy atom. The smallest absolute Gasteiger partial charge is 0.475 e. The summed E-state index contributed by atoms with van der Waals surface area (Å²) in [5.74, 6) is -2.43. The third-order valence-electron chi connectivity index (χ3n) is 4.96. The van der Waals surface area contributed by atoms with Crippen LogP contribution >= 0.6 is 0 Å². The molecule has 1 amide bonds. The number of carbonyl (C=O) groups is 2. The molecule has 1 aliphatic heterocycles. The molecule has 33 heavy (non-hydrogen) atoms. The van der Waals surface area contributed by atoms with E-state index in [0.29, 0.717) is 12.5 Å². The lowest BCUT2D eigenvalue weighted by atomic mass is 10.1. The Morgan fingerprint density at radius 2 is 1.97 bits per heavy atom. The van der Waals surface area contributed by atoms with E-state index in [-0.39, 0.29) is 12.5 Å². The zero-order valence-corrected chi connectivity index (χ0v) is 18.9. The number of amides is 1. The minimum atomic E-state index is -5.08. The Labute approximate surface area is 190 Å². The van der Waals surface area contributed by atoms with Gasteiger partial charge in [-0.2, -0.15) is 13.2 Å². The molecule has 1 aliphatic rings. The van der Waals surface area contributed by atoms with Crippen LogP contribution in [0.3, 0.4) is 0 Å². The summed E-state index contributed by atoms with van der Waals surface area (Å²) < 4.78 is 39.7. The van der Waals surface area contributed by atoms with Crippen LogP contribution < -0.4 is 0 Å². The maximum Gasteiger partial charge on any atom is 0.490 e. The molecule has 0 saturated carbocycles. The first-order valence-electron chi connectivity index (χ1n) is 10.3. The molecular weight excluding hydrogens is 441 g/mol. The Bertz CT molecular complexity index is 930. The second-order valence-corrected chi connectivity index (χ2v) is 8.17. The molecule has 2 aromatic rings. The number of rotatable bonds is 6. The molecule has 1 aromatic carbocycles. The number of alkyl halides is 3. The SMILES string of the molecule is Cc1cccc(CN2Cc3cncn3CC(COCC(=O)N(C)C)C2)c1.O=C(O)C(F)(F)F. The number of nitrogens with zero attached hydrogens (tertiary/aromatic N) is 4. The minimum absolute atomic E-state index is 0.00133. The topological polar surface area (TPSA) is 87.9 Å². The van der Waals surface area contributed by atoms with E-state index in [4.69, 9.17) is 14.6 Å². The third-order valence-corrected chi connectivity index (χ3v) is 4.96. The van der Waals surface area contributed by atoms with E-state index in [1.54, 1.807) is 19.0 Å². The van der Waals surface area contributed by atoms with Crippen LogP contribution in [0.15, 0.2) is 36.8 Å². The molecule has 1 N–H and O–H groups in total. The summed E-state index contributed by atoms with van der Waals surface area (Å²) in [6, 6.07) is 8.65. The number of aryl methyl sites for hydroxylation is 1. The maximum absolute atomic E-state index is 11.7. The highest BCUT2D eigenvalue weighted by molar-refractivity contribution is 5.76. The Kier molecular flexibility index (Phi) is 9.42. The van der Waals surface area contributed by atoms with Gasteiger partial charge < -0.3 is 19.3 Å². The van der Waals surface area contributed by atoms with Crippen molar-refractivity contribution in [3.8, 4) is 0 Å². The number of benzene rings is 1. The fourth-order valence-corrected chi connectivity index (χ4v) is 3.38. The lowest BCUT2D eigenvalue weighted by molar-refractivity contribution is -0.192. The molecule has 1 aromatic heterocycles. The highest BCUT2D eigenvalue weighted by Crippen LogP contribution is 2.19. The molecule has 8 nitrogen and oxygen atoms in total. The fourth-order valence-electron chi connectivity index (χ4n) is 3.38. The summed E-state index contributed by atoms with van der Waals surface area (Å²) in [5, 5.41) is 7.12. The van der Waals surface area contributed by atoms with Gasteiger partial charge in [-0.15, -0.1) is 0 Å². The lowest BCUT2D eigenvalue weighted by Crippen LogP contribution is -2.32. The summed E-state index contributed by atoms with van der Waals surface area (Å²) in [6.07, 6.45) is -1.24. The summed E-state index contributed by atoms with van der Waals surface area (Å²) in [6.45, 7) is 6.42. The van der Waals surface area contributed by atoms with Crippen LogP contribution in [0.1, 0.15) is 16.8 Å². The summed E-state index contributed by atoms with van der Waals surface area (Å²) >= 11 is 0. The van der Waals surface area contributed by atoms with Gasteiger partial charge in [0.15, 0.2) is 0 Å². The average Bonchev–Trinajstić information content (AvgIpc) is 3.07. The number of carboxylic acids is 1. The summed E-state index contributed by atoms with van der Waals surface area (Å²) in [5.41, 5.74) is 3.83. The number of hydrogen-bond donors (Lipinski definition) is 1. The Morgan fingerprint density at radius 3 is 2.58 bits per heavy atom. The van der Waals surface area contributed by atoms with Crippen molar-refractivity contribution in [2.24, 2.45) is 5.92 Å². The number of carbonyl (C=O) groups excluding carboxylic acids is 1. The van der Waals surface area contributed by atoms with Gasteiger partial charge in [0, 0.05) is 52.4 Å². The normalized spacial score (nSPS) is 16.2. The third kappa shape index (κ3) is 8.85. The van der Waals surface area contributed by atoms with Crippen molar-refractivity contribution in [3.05, 3.63) is 53.6 Å². The van der Waals surface area contributed by atoms with E-state index >= 15 is 0 Å². The molecule has 1 unspecified atom stereocenters. The second kappa shape index (κ2) is 11.8. The number of aliphatic carboxylic acids is 1. The maximum atomic E-state index is 11.7. The zero-order valence-electron chi connectivity index (χ0n) is 18.9. The highest BCUT2D eigenvalue weighted by atomic mass is 19.4. The molecular formula is C22H29F3N4O4. The van der Waals surface area contributed by atoms with Gasteiger partial charge in [0.1, 0.15) is 6.61 Å². The molecule has 182 valence electrons. The monoisotopic (exact) mass is 470 g/mol. The molecule has 0 bridgehead atoms. The van der Waals surface area contributed by atoms with E-state index in [1.807, 2.05) is 12.5 Å². The van der Waals surface area contributed by atoms with Gasteiger partial charge >= 0.3 is 12.1 Å². The molecule has 0 spiro atoms. The van der Waals surface area contributed by atoms with Crippen LogP contribution in [-0.2, 0) is 34.0 Å². The van der Waals surface area contributed by atoms with Crippen molar-refractivity contribution in [1.82, 2.24) is 19.4 Å². The van der Waals surface area contributed by atoms with Gasteiger partial charge in [-0.25, -0.2) is 9.78 Å². The number of hydrogen-bond acceptors (Lipinski definition) is 5. The van der Waals surface area contributed by atoms with Gasteiger partial charge in [0.25, 0.3) is 0 Å². The second-order valence-electron chi connectivity index (χ2n) is 8.17. The van der Waals surface area contributed by atoms with E-state index < -0.39 is 12.1 Å². The molecule has 3 rings (SSSR count). The van der Waals surface area contributed by atoms with Crippen LogP contribution in [0.4, 0.5) is 13.2 Å². The van der Waals surface area contributed by atoms with Gasteiger partial charge in [-0.05, 0) is 12.5 Å². The molecule has 0 fully saturated rings. The highest BCUT2D eigenvalue weighted by Gasteiger charge is 2.38. The largest absolute Gasteiger partial charge is 0.490 e. The van der Waals surface area contributed by atoms with E-state index in [0.717, 1.165) is 26.2 Å². The van der Waals surface area contributed by atoms with Crippen molar-refractivity contribution in [2.75, 3.05) is 33.9 Å². The van der Waals surface area contributed by atoms with Crippen molar-refractivity contribution < 1.29 is 32.6 Å². The Hall–Kier alpha value is -2.92. The number of imidazole rings is 1. The first-order valence-corrected chi connectivity index (χ1v) is 10.3. The average molecular weight is 470 g/mol. The number of halogens is 3. The van der Waals surface area contributed by atoms with Crippen molar-refractivity contribution in [2.45, 2.75) is 32.7 Å². The number of fused-ring (bicyclic) bond motifs is 1. The summed E-state index contributed by atoms with van der Waals surface area (Å²) in [4.78, 5) is 28.9.